The van der Waals surface area contributed by atoms with Crippen LogP contribution in [-0.2, 0) is 25.7 Å². The van der Waals surface area contributed by atoms with Crippen LogP contribution in [0.5, 0.6) is 0 Å². The summed E-state index contributed by atoms with van der Waals surface area (Å²) in [6, 6.07) is 7.90. The van der Waals surface area contributed by atoms with Crippen LogP contribution in [-0.4, -0.2) is 29.9 Å². The first-order valence-electron chi connectivity index (χ1n) is 9.06. The lowest BCUT2D eigenvalue weighted by molar-refractivity contribution is -0.150. The van der Waals surface area contributed by atoms with Gasteiger partial charge in [0.2, 0.25) is 11.8 Å². The standard InChI is InChI=1S/C20H30N2O4/c1-6-16(23)21-17(13(2)3)19(24)22-18(14(4)5)20(25)26-12-15-10-8-7-9-11-15/h7-11,13-14,17-18H,6,12H2,1-5H3,(H,21,23)(H,22,24)/t17-,18-/m0/s1. The lowest BCUT2D eigenvalue weighted by atomic mass is 10.00. The summed E-state index contributed by atoms with van der Waals surface area (Å²) in [5.41, 5.74) is 0.880. The van der Waals surface area contributed by atoms with Crippen LogP contribution >= 0.6 is 0 Å². The molecule has 0 saturated heterocycles. The Morgan fingerprint density at radius 1 is 0.923 bits per heavy atom. The Morgan fingerprint density at radius 3 is 2.00 bits per heavy atom. The van der Waals surface area contributed by atoms with Gasteiger partial charge in [0.1, 0.15) is 18.7 Å². The molecule has 0 spiro atoms. The summed E-state index contributed by atoms with van der Waals surface area (Å²) in [7, 11) is 0. The predicted octanol–water partition coefficient (Wildman–Crippen LogP) is 2.42. The zero-order valence-electron chi connectivity index (χ0n) is 16.2. The molecule has 0 aliphatic carbocycles. The molecule has 26 heavy (non-hydrogen) atoms. The van der Waals surface area contributed by atoms with Gasteiger partial charge in [-0.2, -0.15) is 0 Å². The molecular weight excluding hydrogens is 332 g/mol. The predicted molar refractivity (Wildman–Crippen MR) is 100 cm³/mol. The molecule has 2 atom stereocenters. The second kappa shape index (κ2) is 10.6. The summed E-state index contributed by atoms with van der Waals surface area (Å²) in [4.78, 5) is 36.7. The third-order valence-electron chi connectivity index (χ3n) is 4.03. The lowest BCUT2D eigenvalue weighted by Gasteiger charge is -2.26. The highest BCUT2D eigenvalue weighted by Crippen LogP contribution is 2.10. The van der Waals surface area contributed by atoms with Gasteiger partial charge in [0, 0.05) is 6.42 Å². The van der Waals surface area contributed by atoms with Crippen LogP contribution in [0, 0.1) is 11.8 Å². The van der Waals surface area contributed by atoms with Gasteiger partial charge in [0.15, 0.2) is 0 Å². The molecule has 6 heteroatoms. The molecule has 2 amide bonds. The molecule has 0 aromatic heterocycles. The van der Waals surface area contributed by atoms with Crippen molar-refractivity contribution in [2.45, 2.75) is 59.7 Å². The van der Waals surface area contributed by atoms with E-state index in [1.54, 1.807) is 6.92 Å². The highest BCUT2D eigenvalue weighted by Gasteiger charge is 2.31. The fourth-order valence-corrected chi connectivity index (χ4v) is 2.37. The molecule has 0 unspecified atom stereocenters. The maximum Gasteiger partial charge on any atom is 0.329 e. The number of ether oxygens (including phenoxy) is 1. The summed E-state index contributed by atoms with van der Waals surface area (Å²) in [6.07, 6.45) is 0.295. The lowest BCUT2D eigenvalue weighted by Crippen LogP contribution is -2.55. The Bertz CT molecular complexity index is 599. The number of hydrogen-bond donors (Lipinski definition) is 2. The molecule has 144 valence electrons. The van der Waals surface area contributed by atoms with E-state index in [2.05, 4.69) is 10.6 Å². The Kier molecular flexibility index (Phi) is 8.82. The van der Waals surface area contributed by atoms with Gasteiger partial charge in [-0.25, -0.2) is 4.79 Å². The van der Waals surface area contributed by atoms with E-state index in [1.165, 1.54) is 0 Å². The van der Waals surface area contributed by atoms with Crippen LogP contribution in [0.4, 0.5) is 0 Å². The van der Waals surface area contributed by atoms with Gasteiger partial charge in [-0.15, -0.1) is 0 Å². The van der Waals surface area contributed by atoms with Crippen LogP contribution in [0.15, 0.2) is 30.3 Å². The van der Waals surface area contributed by atoms with Gasteiger partial charge in [0.25, 0.3) is 0 Å². The number of benzene rings is 1. The molecule has 0 bridgehead atoms. The molecule has 1 aromatic carbocycles. The number of carbonyl (C=O) groups is 3. The second-order valence-electron chi connectivity index (χ2n) is 6.97. The fraction of sp³-hybridized carbons (Fsp3) is 0.550. The minimum absolute atomic E-state index is 0.0985. The average molecular weight is 362 g/mol. The van der Waals surface area contributed by atoms with E-state index >= 15 is 0 Å². The molecule has 0 aliphatic heterocycles. The number of carbonyl (C=O) groups excluding carboxylic acids is 3. The van der Waals surface area contributed by atoms with Crippen LogP contribution in [0.25, 0.3) is 0 Å². The second-order valence-corrected chi connectivity index (χ2v) is 6.97. The number of amides is 2. The molecule has 0 aliphatic rings. The zero-order valence-corrected chi connectivity index (χ0v) is 16.2. The van der Waals surface area contributed by atoms with Gasteiger partial charge in [-0.05, 0) is 17.4 Å². The van der Waals surface area contributed by atoms with Crippen LogP contribution in [0.2, 0.25) is 0 Å². The van der Waals surface area contributed by atoms with Gasteiger partial charge in [0.05, 0.1) is 0 Å². The average Bonchev–Trinajstić information content (AvgIpc) is 2.61. The topological polar surface area (TPSA) is 84.5 Å². The van der Waals surface area contributed by atoms with E-state index < -0.39 is 18.1 Å². The zero-order chi connectivity index (χ0) is 19.7. The minimum atomic E-state index is -0.772. The smallest absolute Gasteiger partial charge is 0.329 e. The van der Waals surface area contributed by atoms with Crippen molar-refractivity contribution in [1.29, 1.82) is 0 Å². The maximum absolute atomic E-state index is 12.6. The SMILES string of the molecule is CCC(=O)N[C@H](C(=O)N[C@H](C(=O)OCc1ccccc1)C(C)C)C(C)C. The quantitative estimate of drug-likeness (QED) is 0.661. The molecular formula is C20H30N2O4. The van der Waals surface area contributed by atoms with E-state index in [0.717, 1.165) is 5.56 Å². The molecule has 0 saturated carbocycles. The molecule has 0 heterocycles. The maximum atomic E-state index is 12.6. The number of rotatable bonds is 9. The highest BCUT2D eigenvalue weighted by molar-refractivity contribution is 5.91. The summed E-state index contributed by atoms with van der Waals surface area (Å²) in [6.45, 7) is 9.24. The summed E-state index contributed by atoms with van der Waals surface area (Å²) in [5, 5.41) is 5.44. The van der Waals surface area contributed by atoms with E-state index in [-0.39, 0.29) is 30.3 Å². The van der Waals surface area contributed by atoms with E-state index in [4.69, 9.17) is 4.74 Å². The number of nitrogens with one attached hydrogen (secondary N) is 2. The highest BCUT2D eigenvalue weighted by atomic mass is 16.5. The fourth-order valence-electron chi connectivity index (χ4n) is 2.37. The van der Waals surface area contributed by atoms with Gasteiger partial charge >= 0.3 is 5.97 Å². The van der Waals surface area contributed by atoms with Crippen molar-refractivity contribution in [1.82, 2.24) is 10.6 Å². The Labute approximate surface area is 155 Å². The Balaban J connectivity index is 2.74. The van der Waals surface area contributed by atoms with Gasteiger partial charge < -0.3 is 15.4 Å². The van der Waals surface area contributed by atoms with Crippen molar-refractivity contribution >= 4 is 17.8 Å². The first-order chi connectivity index (χ1) is 12.3. The Hall–Kier alpha value is -2.37. The Morgan fingerprint density at radius 2 is 1.50 bits per heavy atom. The van der Waals surface area contributed by atoms with Crippen molar-refractivity contribution in [2.24, 2.45) is 11.8 Å². The van der Waals surface area contributed by atoms with Crippen molar-refractivity contribution in [2.75, 3.05) is 0 Å². The van der Waals surface area contributed by atoms with Crippen molar-refractivity contribution in [3.63, 3.8) is 0 Å². The van der Waals surface area contributed by atoms with Crippen molar-refractivity contribution in [3.05, 3.63) is 35.9 Å². The normalized spacial score (nSPS) is 13.2. The monoisotopic (exact) mass is 362 g/mol. The van der Waals surface area contributed by atoms with Crippen LogP contribution in [0.1, 0.15) is 46.6 Å². The van der Waals surface area contributed by atoms with Crippen molar-refractivity contribution in [3.8, 4) is 0 Å². The van der Waals surface area contributed by atoms with Gasteiger partial charge in [-0.1, -0.05) is 65.0 Å². The van der Waals surface area contributed by atoms with E-state index in [9.17, 15) is 14.4 Å². The summed E-state index contributed by atoms with van der Waals surface area (Å²) < 4.78 is 5.35. The largest absolute Gasteiger partial charge is 0.459 e. The van der Waals surface area contributed by atoms with Crippen LogP contribution in [0.3, 0.4) is 0 Å². The first-order valence-corrected chi connectivity index (χ1v) is 9.06. The summed E-state index contributed by atoms with van der Waals surface area (Å²) >= 11 is 0. The molecule has 6 nitrogen and oxygen atoms in total. The number of esters is 1. The molecule has 0 fully saturated rings. The molecule has 0 radical (unpaired) electrons. The van der Waals surface area contributed by atoms with Crippen LogP contribution < -0.4 is 10.6 Å². The third kappa shape index (κ3) is 6.86. The molecule has 2 N–H and O–H groups in total. The van der Waals surface area contributed by atoms with Gasteiger partial charge in [-0.3, -0.25) is 9.59 Å². The van der Waals surface area contributed by atoms with Crippen molar-refractivity contribution < 1.29 is 19.1 Å². The number of hydrogen-bond acceptors (Lipinski definition) is 4. The molecule has 1 aromatic rings. The van der Waals surface area contributed by atoms with E-state index in [1.807, 2.05) is 58.0 Å². The summed E-state index contributed by atoms with van der Waals surface area (Å²) in [5.74, 6) is -1.30. The third-order valence-corrected chi connectivity index (χ3v) is 4.03. The molecule has 1 rings (SSSR count). The first kappa shape index (κ1) is 21.7. The van der Waals surface area contributed by atoms with E-state index in [0.29, 0.717) is 6.42 Å². The minimum Gasteiger partial charge on any atom is -0.459 e.